The molecule has 2 aliphatic rings. The first kappa shape index (κ1) is 24.9. The maximum Gasteiger partial charge on any atom is 0.209 e. The van der Waals surface area contributed by atoms with Crippen LogP contribution in [0.1, 0.15) is 28.7 Å². The average Bonchev–Trinajstić information content (AvgIpc) is 3.43. The number of nitrogens with zero attached hydrogens (tertiary/aromatic N) is 4. The second-order valence-electron chi connectivity index (χ2n) is 9.79. The minimum Gasteiger partial charge on any atom is -0.496 e. The summed E-state index contributed by atoms with van der Waals surface area (Å²) in [7, 11) is 1.65. The molecule has 1 fully saturated rings. The van der Waals surface area contributed by atoms with Crippen LogP contribution < -0.4 is 4.74 Å². The molecule has 1 unspecified atom stereocenters. The van der Waals surface area contributed by atoms with Gasteiger partial charge in [-0.3, -0.25) is 14.7 Å². The van der Waals surface area contributed by atoms with Crippen molar-refractivity contribution in [2.45, 2.75) is 25.5 Å². The van der Waals surface area contributed by atoms with Crippen LogP contribution in [0.25, 0.3) is 22.2 Å². The van der Waals surface area contributed by atoms with Crippen molar-refractivity contribution in [2.24, 2.45) is 0 Å². The van der Waals surface area contributed by atoms with Gasteiger partial charge in [0.2, 0.25) is 6.41 Å². The van der Waals surface area contributed by atoms with E-state index in [0.717, 1.165) is 78.3 Å². The lowest BCUT2D eigenvalue weighted by Gasteiger charge is -2.35. The van der Waals surface area contributed by atoms with E-state index in [4.69, 9.17) is 26.1 Å². The standard InChI is InChI=1S/C29H30ClN5O3/c1-37-26-7-6-19(30)14-21(26)25-15-31-28(33-25)9-11-34-10-8-24-22(16-34)29(20-4-2-3-5-23(20)32-24)27-17-35(18-36)12-13-38-27/h2-7,14-15,18,27H,8-13,16-17H2,1H3,(H,31,33). The van der Waals surface area contributed by atoms with Crippen LogP contribution in [0.3, 0.4) is 0 Å². The van der Waals surface area contributed by atoms with Crippen molar-refractivity contribution >= 4 is 28.9 Å². The Hall–Kier alpha value is -3.46. The summed E-state index contributed by atoms with van der Waals surface area (Å²) in [6.45, 7) is 4.31. The number of ether oxygens (including phenoxy) is 2. The van der Waals surface area contributed by atoms with Crippen molar-refractivity contribution in [2.75, 3.05) is 39.9 Å². The highest BCUT2D eigenvalue weighted by molar-refractivity contribution is 6.31. The van der Waals surface area contributed by atoms with Crippen LogP contribution in [0, 0.1) is 0 Å². The predicted octanol–water partition coefficient (Wildman–Crippen LogP) is 4.42. The van der Waals surface area contributed by atoms with Gasteiger partial charge in [0.1, 0.15) is 17.7 Å². The SMILES string of the molecule is COc1ccc(Cl)cc1-c1cnc(CCN2CCc3nc4ccccc4c(C4CN(C=O)CCO4)c3C2)[nH]1. The van der Waals surface area contributed by atoms with Crippen molar-refractivity contribution in [3.63, 3.8) is 0 Å². The molecule has 0 aliphatic carbocycles. The molecule has 0 bridgehead atoms. The smallest absolute Gasteiger partial charge is 0.209 e. The number of halogens is 1. The zero-order valence-corrected chi connectivity index (χ0v) is 22.1. The Morgan fingerprint density at radius 1 is 1.24 bits per heavy atom. The van der Waals surface area contributed by atoms with E-state index in [1.807, 2.05) is 36.5 Å². The summed E-state index contributed by atoms with van der Waals surface area (Å²) in [5.41, 5.74) is 6.31. The van der Waals surface area contributed by atoms with Crippen LogP contribution in [0.4, 0.5) is 0 Å². The highest BCUT2D eigenvalue weighted by Crippen LogP contribution is 2.36. The number of H-pyrrole nitrogens is 1. The second kappa shape index (κ2) is 10.7. The van der Waals surface area contributed by atoms with E-state index in [1.54, 1.807) is 12.0 Å². The van der Waals surface area contributed by atoms with Crippen LogP contribution >= 0.6 is 11.6 Å². The van der Waals surface area contributed by atoms with Crippen LogP contribution in [0.5, 0.6) is 5.75 Å². The maximum atomic E-state index is 11.5. The van der Waals surface area contributed by atoms with Gasteiger partial charge in [-0.1, -0.05) is 29.8 Å². The first-order valence-corrected chi connectivity index (χ1v) is 13.3. The third kappa shape index (κ3) is 4.87. The number of benzene rings is 2. The van der Waals surface area contributed by atoms with Crippen molar-refractivity contribution < 1.29 is 14.3 Å². The van der Waals surface area contributed by atoms with E-state index < -0.39 is 0 Å². The molecular weight excluding hydrogens is 502 g/mol. The molecule has 38 heavy (non-hydrogen) atoms. The molecule has 2 aliphatic heterocycles. The van der Waals surface area contributed by atoms with Gasteiger partial charge in [-0.05, 0) is 35.4 Å². The number of morpholine rings is 1. The molecule has 0 spiro atoms. The number of amides is 1. The van der Waals surface area contributed by atoms with Gasteiger partial charge in [-0.2, -0.15) is 0 Å². The number of hydrogen-bond donors (Lipinski definition) is 1. The van der Waals surface area contributed by atoms with Gasteiger partial charge < -0.3 is 19.4 Å². The number of nitrogens with one attached hydrogen (secondary N) is 1. The Bertz CT molecular complexity index is 1470. The topological polar surface area (TPSA) is 83.6 Å². The number of methoxy groups -OCH3 is 1. The number of hydrogen-bond acceptors (Lipinski definition) is 6. The number of aromatic amines is 1. The van der Waals surface area contributed by atoms with Crippen molar-refractivity contribution in [3.05, 3.63) is 76.3 Å². The number of carbonyl (C=O) groups excluding carboxylic acids is 1. The number of rotatable bonds is 7. The Kier molecular flexibility index (Phi) is 7.02. The summed E-state index contributed by atoms with van der Waals surface area (Å²) in [5.74, 6) is 1.67. The molecular formula is C29H30ClN5O3. The van der Waals surface area contributed by atoms with E-state index in [-0.39, 0.29) is 6.10 Å². The second-order valence-corrected chi connectivity index (χ2v) is 10.2. The number of para-hydroxylation sites is 1. The Balaban J connectivity index is 1.23. The van der Waals surface area contributed by atoms with Crippen molar-refractivity contribution in [3.8, 4) is 17.0 Å². The molecule has 196 valence electrons. The molecule has 1 saturated heterocycles. The van der Waals surface area contributed by atoms with Gasteiger partial charge in [-0.25, -0.2) is 4.98 Å². The molecule has 9 heteroatoms. The fraction of sp³-hybridized carbons (Fsp3) is 0.345. The summed E-state index contributed by atoms with van der Waals surface area (Å²) in [5, 5.41) is 1.76. The molecule has 1 amide bonds. The zero-order chi connectivity index (χ0) is 26.1. The van der Waals surface area contributed by atoms with Gasteiger partial charge in [0.25, 0.3) is 0 Å². The summed E-state index contributed by atoms with van der Waals surface area (Å²) < 4.78 is 11.7. The quantitative estimate of drug-likeness (QED) is 0.355. The van der Waals surface area contributed by atoms with Crippen molar-refractivity contribution in [1.29, 1.82) is 0 Å². The highest BCUT2D eigenvalue weighted by Gasteiger charge is 2.30. The molecule has 0 radical (unpaired) electrons. The highest BCUT2D eigenvalue weighted by atomic mass is 35.5. The summed E-state index contributed by atoms with van der Waals surface area (Å²) in [6.07, 6.45) is 4.26. The molecule has 1 atom stereocenters. The molecule has 2 aromatic carbocycles. The van der Waals surface area contributed by atoms with E-state index in [9.17, 15) is 4.79 Å². The normalized spacial score (nSPS) is 17.9. The molecule has 4 heterocycles. The minimum atomic E-state index is -0.157. The van der Waals surface area contributed by atoms with E-state index in [2.05, 4.69) is 27.0 Å². The van der Waals surface area contributed by atoms with Gasteiger partial charge >= 0.3 is 0 Å². The third-order valence-corrected chi connectivity index (χ3v) is 7.72. The predicted molar refractivity (Wildman–Crippen MR) is 146 cm³/mol. The summed E-state index contributed by atoms with van der Waals surface area (Å²) >= 11 is 6.23. The van der Waals surface area contributed by atoms with E-state index in [1.165, 1.54) is 11.1 Å². The fourth-order valence-corrected chi connectivity index (χ4v) is 5.73. The molecule has 4 aromatic rings. The van der Waals surface area contributed by atoms with Crippen LogP contribution in [0.2, 0.25) is 5.02 Å². The zero-order valence-electron chi connectivity index (χ0n) is 21.3. The minimum absolute atomic E-state index is 0.157. The van der Waals surface area contributed by atoms with Gasteiger partial charge in [0.15, 0.2) is 0 Å². The summed E-state index contributed by atoms with van der Waals surface area (Å²) in [6, 6.07) is 13.8. The van der Waals surface area contributed by atoms with E-state index in [0.29, 0.717) is 24.7 Å². The van der Waals surface area contributed by atoms with Gasteiger partial charge in [0, 0.05) is 60.7 Å². The molecule has 1 N–H and O–H groups in total. The van der Waals surface area contributed by atoms with Gasteiger partial charge in [-0.15, -0.1) is 0 Å². The third-order valence-electron chi connectivity index (χ3n) is 7.48. The van der Waals surface area contributed by atoms with Crippen LogP contribution in [-0.2, 0) is 28.9 Å². The summed E-state index contributed by atoms with van der Waals surface area (Å²) in [4.78, 5) is 28.9. The molecule has 8 nitrogen and oxygen atoms in total. The Morgan fingerprint density at radius 2 is 2.13 bits per heavy atom. The lowest BCUT2D eigenvalue weighted by molar-refractivity contribution is -0.125. The fourth-order valence-electron chi connectivity index (χ4n) is 5.56. The van der Waals surface area contributed by atoms with Crippen LogP contribution in [0.15, 0.2) is 48.7 Å². The Morgan fingerprint density at radius 3 is 3.00 bits per heavy atom. The van der Waals surface area contributed by atoms with E-state index >= 15 is 0 Å². The average molecular weight is 532 g/mol. The molecule has 0 saturated carbocycles. The lowest BCUT2D eigenvalue weighted by Crippen LogP contribution is -2.39. The largest absolute Gasteiger partial charge is 0.496 e. The first-order valence-electron chi connectivity index (χ1n) is 12.9. The lowest BCUT2D eigenvalue weighted by atomic mass is 9.91. The number of carbonyl (C=O) groups is 1. The maximum absolute atomic E-state index is 11.5. The number of imidazole rings is 1. The molecule has 2 aromatic heterocycles. The Labute approximate surface area is 226 Å². The van der Waals surface area contributed by atoms with Crippen LogP contribution in [-0.4, -0.2) is 71.1 Å². The number of fused-ring (bicyclic) bond motifs is 2. The number of pyridine rings is 1. The molecule has 6 rings (SSSR count). The van der Waals surface area contributed by atoms with Crippen molar-refractivity contribution in [1.82, 2.24) is 24.8 Å². The first-order chi connectivity index (χ1) is 18.6. The number of aromatic nitrogens is 3. The monoisotopic (exact) mass is 531 g/mol. The van der Waals surface area contributed by atoms with Gasteiger partial charge in [0.05, 0.1) is 37.7 Å².